The number of nitrogens with one attached hydrogen (secondary N) is 1. The van der Waals surface area contributed by atoms with Crippen LogP contribution in [-0.4, -0.2) is 37.5 Å². The molecule has 1 N–H and O–H groups in total. The normalized spacial score (nSPS) is 10.8. The number of aryl methyl sites for hydroxylation is 1. The smallest absolute Gasteiger partial charge is 0.361 e. The third-order valence-corrected chi connectivity index (χ3v) is 3.21. The summed E-state index contributed by atoms with van der Waals surface area (Å²) in [4.78, 5) is 24.2. The Morgan fingerprint density at radius 2 is 2.09 bits per heavy atom. The number of ether oxygens (including phenoxy) is 1. The van der Waals surface area contributed by atoms with E-state index < -0.39 is 5.97 Å². The van der Waals surface area contributed by atoms with Crippen LogP contribution >= 0.6 is 15.9 Å². The van der Waals surface area contributed by atoms with Crippen LogP contribution in [-0.2, 0) is 22.6 Å². The number of amides is 1. The van der Waals surface area contributed by atoms with Crippen molar-refractivity contribution in [3.05, 3.63) is 28.8 Å². The number of hydrogen-bond donors (Lipinski definition) is 1. The second-order valence-corrected chi connectivity index (χ2v) is 6.02. The Morgan fingerprint density at radius 3 is 2.65 bits per heavy atom. The van der Waals surface area contributed by atoms with E-state index in [-0.39, 0.29) is 24.2 Å². The van der Waals surface area contributed by atoms with E-state index in [2.05, 4.69) is 31.4 Å². The van der Waals surface area contributed by atoms with Crippen molar-refractivity contribution in [3.8, 4) is 0 Å². The first-order chi connectivity index (χ1) is 10.9. The van der Waals surface area contributed by atoms with Crippen LogP contribution in [0.25, 0.3) is 0 Å². The second kappa shape index (κ2) is 7.40. The van der Waals surface area contributed by atoms with Gasteiger partial charge in [-0.25, -0.2) is 4.79 Å². The van der Waals surface area contributed by atoms with E-state index >= 15 is 0 Å². The molecule has 0 aliphatic rings. The lowest BCUT2D eigenvalue weighted by Crippen LogP contribution is -2.21. The van der Waals surface area contributed by atoms with Crippen LogP contribution in [0, 0.1) is 0 Å². The molecule has 2 rings (SSSR count). The molecule has 2 aromatic rings. The number of esters is 1. The summed E-state index contributed by atoms with van der Waals surface area (Å²) in [5, 5.41) is 10.8. The predicted molar refractivity (Wildman–Crippen MR) is 87.0 cm³/mol. The molecule has 0 fully saturated rings. The fourth-order valence-electron chi connectivity index (χ4n) is 1.86. The molecule has 0 spiro atoms. The Bertz CT molecular complexity index is 707. The standard InChI is InChI=1S/C14H18BrN5O3/c1-4-19-7-11(13(18-19)14(22)23-9(2)3)17-12(21)8-20-6-10(15)5-16-20/h5-7,9H,4,8H2,1-3H3,(H,17,21). The highest BCUT2D eigenvalue weighted by atomic mass is 79.9. The zero-order valence-corrected chi connectivity index (χ0v) is 14.7. The van der Waals surface area contributed by atoms with Crippen LogP contribution in [0.1, 0.15) is 31.3 Å². The van der Waals surface area contributed by atoms with Crippen LogP contribution in [0.5, 0.6) is 0 Å². The van der Waals surface area contributed by atoms with Gasteiger partial charge in [-0.15, -0.1) is 0 Å². The fourth-order valence-corrected chi connectivity index (χ4v) is 2.19. The minimum Gasteiger partial charge on any atom is -0.458 e. The van der Waals surface area contributed by atoms with Gasteiger partial charge in [-0.2, -0.15) is 10.2 Å². The molecule has 9 heteroatoms. The Kier molecular flexibility index (Phi) is 5.54. The van der Waals surface area contributed by atoms with E-state index in [9.17, 15) is 9.59 Å². The largest absolute Gasteiger partial charge is 0.458 e. The number of anilines is 1. The Balaban J connectivity index is 2.12. The number of rotatable bonds is 6. The number of carbonyl (C=O) groups is 2. The molecule has 8 nitrogen and oxygen atoms in total. The Hall–Kier alpha value is -2.16. The average Bonchev–Trinajstić information content (AvgIpc) is 3.04. The lowest BCUT2D eigenvalue weighted by Gasteiger charge is -2.08. The molecular formula is C14H18BrN5O3. The molecule has 0 saturated heterocycles. The quantitative estimate of drug-likeness (QED) is 0.770. The van der Waals surface area contributed by atoms with E-state index in [1.165, 1.54) is 4.68 Å². The van der Waals surface area contributed by atoms with Crippen molar-refractivity contribution in [2.45, 2.75) is 40.0 Å². The lowest BCUT2D eigenvalue weighted by atomic mass is 10.3. The van der Waals surface area contributed by atoms with Gasteiger partial charge in [0, 0.05) is 18.9 Å². The summed E-state index contributed by atoms with van der Waals surface area (Å²) >= 11 is 3.27. The van der Waals surface area contributed by atoms with E-state index in [4.69, 9.17) is 4.74 Å². The SMILES string of the molecule is CCn1cc(NC(=O)Cn2cc(Br)cn2)c(C(=O)OC(C)C)n1. The first-order valence-electron chi connectivity index (χ1n) is 7.15. The summed E-state index contributed by atoms with van der Waals surface area (Å²) in [6.45, 7) is 5.99. The maximum absolute atomic E-state index is 12.1. The minimum atomic E-state index is -0.565. The summed E-state index contributed by atoms with van der Waals surface area (Å²) in [6, 6.07) is 0. The highest BCUT2D eigenvalue weighted by Crippen LogP contribution is 2.16. The van der Waals surface area contributed by atoms with Gasteiger partial charge in [-0.3, -0.25) is 14.2 Å². The van der Waals surface area contributed by atoms with Gasteiger partial charge in [-0.1, -0.05) is 0 Å². The van der Waals surface area contributed by atoms with Crippen LogP contribution < -0.4 is 5.32 Å². The number of aromatic nitrogens is 4. The van der Waals surface area contributed by atoms with Crippen molar-refractivity contribution in [1.82, 2.24) is 19.6 Å². The molecule has 124 valence electrons. The van der Waals surface area contributed by atoms with Gasteiger partial charge in [0.2, 0.25) is 5.91 Å². The third-order valence-electron chi connectivity index (χ3n) is 2.80. The highest BCUT2D eigenvalue weighted by Gasteiger charge is 2.21. The highest BCUT2D eigenvalue weighted by molar-refractivity contribution is 9.10. The van der Waals surface area contributed by atoms with Gasteiger partial charge >= 0.3 is 5.97 Å². The zero-order chi connectivity index (χ0) is 17.0. The average molecular weight is 384 g/mol. The monoisotopic (exact) mass is 383 g/mol. The summed E-state index contributed by atoms with van der Waals surface area (Å²) in [6.07, 6.45) is 4.62. The van der Waals surface area contributed by atoms with Crippen molar-refractivity contribution >= 4 is 33.5 Å². The minimum absolute atomic E-state index is 0.0293. The van der Waals surface area contributed by atoms with Gasteiger partial charge in [0.25, 0.3) is 0 Å². The molecule has 2 heterocycles. The maximum atomic E-state index is 12.1. The van der Waals surface area contributed by atoms with Crippen molar-refractivity contribution < 1.29 is 14.3 Å². The number of halogens is 1. The molecule has 23 heavy (non-hydrogen) atoms. The second-order valence-electron chi connectivity index (χ2n) is 5.11. The van der Waals surface area contributed by atoms with Crippen LogP contribution in [0.15, 0.2) is 23.1 Å². The molecule has 2 aromatic heterocycles. The third kappa shape index (κ3) is 4.65. The van der Waals surface area contributed by atoms with E-state index in [1.54, 1.807) is 37.1 Å². The predicted octanol–water partition coefficient (Wildman–Crippen LogP) is 2.07. The molecule has 0 aromatic carbocycles. The van der Waals surface area contributed by atoms with Crippen molar-refractivity contribution in [2.24, 2.45) is 0 Å². The van der Waals surface area contributed by atoms with E-state index in [1.807, 2.05) is 6.92 Å². The van der Waals surface area contributed by atoms with Crippen LogP contribution in [0.3, 0.4) is 0 Å². The van der Waals surface area contributed by atoms with Crippen molar-refractivity contribution in [2.75, 3.05) is 5.32 Å². The molecular weight excluding hydrogens is 366 g/mol. The van der Waals surface area contributed by atoms with Gasteiger partial charge in [0.1, 0.15) is 6.54 Å². The Labute approximate surface area is 141 Å². The molecule has 0 aliphatic heterocycles. The molecule has 0 bridgehead atoms. The first-order valence-corrected chi connectivity index (χ1v) is 7.94. The molecule has 1 amide bonds. The maximum Gasteiger partial charge on any atom is 0.361 e. The van der Waals surface area contributed by atoms with Crippen LogP contribution in [0.2, 0.25) is 0 Å². The summed E-state index contributed by atoms with van der Waals surface area (Å²) in [7, 11) is 0. The van der Waals surface area contributed by atoms with Gasteiger partial charge in [0.15, 0.2) is 5.69 Å². The topological polar surface area (TPSA) is 91.0 Å². The lowest BCUT2D eigenvalue weighted by molar-refractivity contribution is -0.116. The number of hydrogen-bond acceptors (Lipinski definition) is 5. The Morgan fingerprint density at radius 1 is 1.35 bits per heavy atom. The summed E-state index contributed by atoms with van der Waals surface area (Å²) in [5.41, 5.74) is 0.421. The molecule has 0 unspecified atom stereocenters. The zero-order valence-electron chi connectivity index (χ0n) is 13.1. The first kappa shape index (κ1) is 17.2. The number of carbonyl (C=O) groups excluding carboxylic acids is 2. The fraction of sp³-hybridized carbons (Fsp3) is 0.429. The van der Waals surface area contributed by atoms with E-state index in [0.717, 1.165) is 4.47 Å². The molecule has 0 aliphatic carbocycles. The van der Waals surface area contributed by atoms with Crippen LogP contribution in [0.4, 0.5) is 5.69 Å². The van der Waals surface area contributed by atoms with Crippen molar-refractivity contribution in [1.29, 1.82) is 0 Å². The number of nitrogens with zero attached hydrogens (tertiary/aromatic N) is 4. The summed E-state index contributed by atoms with van der Waals surface area (Å²) in [5.74, 6) is -0.876. The van der Waals surface area contributed by atoms with Crippen molar-refractivity contribution in [3.63, 3.8) is 0 Å². The molecule has 0 atom stereocenters. The molecule has 0 saturated carbocycles. The van der Waals surface area contributed by atoms with E-state index in [0.29, 0.717) is 12.2 Å². The van der Waals surface area contributed by atoms with Gasteiger partial charge in [0.05, 0.1) is 22.5 Å². The summed E-state index contributed by atoms with van der Waals surface area (Å²) < 4.78 is 8.98. The van der Waals surface area contributed by atoms with Gasteiger partial charge < -0.3 is 10.1 Å². The van der Waals surface area contributed by atoms with Gasteiger partial charge in [-0.05, 0) is 36.7 Å². The molecule has 0 radical (unpaired) electrons.